The third-order valence-corrected chi connectivity index (χ3v) is 4.50. The highest BCUT2D eigenvalue weighted by Gasteiger charge is 2.27. The van der Waals surface area contributed by atoms with Gasteiger partial charge in [-0.15, -0.1) is 0 Å². The van der Waals surface area contributed by atoms with Crippen LogP contribution in [0.5, 0.6) is 0 Å². The van der Waals surface area contributed by atoms with E-state index in [0.717, 1.165) is 40.2 Å². The molecule has 0 saturated heterocycles. The van der Waals surface area contributed by atoms with Crippen molar-refractivity contribution < 1.29 is 4.79 Å². The Bertz CT molecular complexity index is 971. The molecule has 6 nitrogen and oxygen atoms in total. The maximum atomic E-state index is 11.4. The smallest absolute Gasteiger partial charge is 0.222 e. The van der Waals surface area contributed by atoms with Crippen LogP contribution in [0.3, 0.4) is 0 Å². The zero-order valence-electron chi connectivity index (χ0n) is 14.7. The average molecular weight is 335 g/mol. The van der Waals surface area contributed by atoms with E-state index in [2.05, 4.69) is 33.0 Å². The Morgan fingerprint density at radius 3 is 2.80 bits per heavy atom. The van der Waals surface area contributed by atoms with Crippen molar-refractivity contribution in [3.63, 3.8) is 0 Å². The summed E-state index contributed by atoms with van der Waals surface area (Å²) in [6.45, 7) is 6.45. The summed E-state index contributed by atoms with van der Waals surface area (Å²) in [4.78, 5) is 25.1. The summed E-state index contributed by atoms with van der Waals surface area (Å²) in [5.74, 6) is 1.89. The molecule has 4 rings (SSSR count). The molecule has 6 heteroatoms. The number of fused-ring (bicyclic) bond motifs is 1. The summed E-state index contributed by atoms with van der Waals surface area (Å²) in [7, 11) is 0. The second kappa shape index (κ2) is 5.95. The Hall–Kier alpha value is -2.76. The molecule has 1 aliphatic carbocycles. The maximum Gasteiger partial charge on any atom is 0.222 e. The first-order valence-electron chi connectivity index (χ1n) is 8.67. The van der Waals surface area contributed by atoms with Crippen LogP contribution in [0, 0.1) is 6.92 Å². The molecule has 0 bridgehead atoms. The van der Waals surface area contributed by atoms with Gasteiger partial charge in [0.2, 0.25) is 5.91 Å². The zero-order valence-corrected chi connectivity index (χ0v) is 14.7. The lowest BCUT2D eigenvalue weighted by molar-refractivity contribution is -0.114. The van der Waals surface area contributed by atoms with Crippen LogP contribution in [0.25, 0.3) is 22.2 Å². The van der Waals surface area contributed by atoms with Crippen molar-refractivity contribution in [3.8, 4) is 11.3 Å². The van der Waals surface area contributed by atoms with Crippen LogP contribution in [-0.2, 0) is 11.3 Å². The van der Waals surface area contributed by atoms with E-state index < -0.39 is 0 Å². The summed E-state index contributed by atoms with van der Waals surface area (Å²) >= 11 is 0. The third kappa shape index (κ3) is 2.99. The lowest BCUT2D eigenvalue weighted by atomic mass is 10.1. The SMILES string of the molecule is CCn1cc(-c2cc(C)nc(C3CC3)n2)c2cc(NC(C)=O)ncc21. The molecule has 1 saturated carbocycles. The number of aryl methyl sites for hydroxylation is 2. The number of aromatic nitrogens is 4. The number of carbonyl (C=O) groups excluding carboxylic acids is 1. The Labute approximate surface area is 146 Å². The number of pyridine rings is 1. The number of rotatable bonds is 4. The van der Waals surface area contributed by atoms with E-state index in [0.29, 0.717) is 11.7 Å². The van der Waals surface area contributed by atoms with Crippen LogP contribution in [0.15, 0.2) is 24.5 Å². The minimum Gasteiger partial charge on any atom is -0.346 e. The molecule has 0 aromatic carbocycles. The molecule has 1 amide bonds. The minimum absolute atomic E-state index is 0.128. The quantitative estimate of drug-likeness (QED) is 0.790. The fourth-order valence-electron chi connectivity index (χ4n) is 3.16. The summed E-state index contributed by atoms with van der Waals surface area (Å²) in [5, 5.41) is 3.80. The van der Waals surface area contributed by atoms with E-state index in [1.165, 1.54) is 19.8 Å². The van der Waals surface area contributed by atoms with Gasteiger partial charge in [0, 0.05) is 42.2 Å². The lowest BCUT2D eigenvalue weighted by Crippen LogP contribution is -2.07. The molecule has 0 atom stereocenters. The van der Waals surface area contributed by atoms with Gasteiger partial charge in [-0.05, 0) is 38.8 Å². The van der Waals surface area contributed by atoms with Crippen molar-refractivity contribution in [1.82, 2.24) is 19.5 Å². The van der Waals surface area contributed by atoms with Gasteiger partial charge in [0.15, 0.2) is 0 Å². The normalized spacial score (nSPS) is 14.0. The maximum absolute atomic E-state index is 11.4. The van der Waals surface area contributed by atoms with Crippen LogP contribution in [0.1, 0.15) is 44.1 Å². The van der Waals surface area contributed by atoms with Crippen molar-refractivity contribution in [3.05, 3.63) is 36.0 Å². The monoisotopic (exact) mass is 335 g/mol. The number of nitrogens with zero attached hydrogens (tertiary/aromatic N) is 4. The van der Waals surface area contributed by atoms with Crippen LogP contribution < -0.4 is 5.32 Å². The van der Waals surface area contributed by atoms with Gasteiger partial charge in [-0.1, -0.05) is 0 Å². The van der Waals surface area contributed by atoms with E-state index in [-0.39, 0.29) is 5.91 Å². The lowest BCUT2D eigenvalue weighted by Gasteiger charge is -2.05. The zero-order chi connectivity index (χ0) is 17.6. The Kier molecular flexibility index (Phi) is 3.75. The van der Waals surface area contributed by atoms with Crippen molar-refractivity contribution in [2.24, 2.45) is 0 Å². The molecular formula is C19H21N5O. The summed E-state index contributed by atoms with van der Waals surface area (Å²) in [6.07, 6.45) is 6.28. The van der Waals surface area contributed by atoms with E-state index in [1.807, 2.05) is 25.3 Å². The van der Waals surface area contributed by atoms with Gasteiger partial charge in [-0.25, -0.2) is 15.0 Å². The number of amides is 1. The molecule has 3 aromatic heterocycles. The van der Waals surface area contributed by atoms with E-state index in [1.54, 1.807) is 0 Å². The number of hydrogen-bond donors (Lipinski definition) is 1. The molecule has 0 unspecified atom stereocenters. The Morgan fingerprint density at radius 2 is 2.12 bits per heavy atom. The van der Waals surface area contributed by atoms with Gasteiger partial charge in [0.05, 0.1) is 17.4 Å². The van der Waals surface area contributed by atoms with Crippen LogP contribution in [-0.4, -0.2) is 25.4 Å². The van der Waals surface area contributed by atoms with Crippen LogP contribution >= 0.6 is 0 Å². The largest absolute Gasteiger partial charge is 0.346 e. The van der Waals surface area contributed by atoms with E-state index >= 15 is 0 Å². The number of nitrogens with one attached hydrogen (secondary N) is 1. The van der Waals surface area contributed by atoms with E-state index in [4.69, 9.17) is 4.98 Å². The molecule has 1 aliphatic rings. The molecule has 3 aromatic rings. The predicted octanol–water partition coefficient (Wildman–Crippen LogP) is 3.66. The first-order chi connectivity index (χ1) is 12.0. The highest BCUT2D eigenvalue weighted by molar-refractivity contribution is 5.98. The van der Waals surface area contributed by atoms with Crippen molar-refractivity contribution in [2.45, 2.75) is 46.1 Å². The standard InChI is InChI=1S/C19H21N5O/c1-4-24-10-15(14-8-18(22-12(3)25)20-9-17(14)24)16-7-11(2)21-19(23-16)13-5-6-13/h7-10,13H,4-6H2,1-3H3,(H,20,22,25). The van der Waals surface area contributed by atoms with Gasteiger partial charge >= 0.3 is 0 Å². The summed E-state index contributed by atoms with van der Waals surface area (Å²) in [5.41, 5.74) is 4.01. The topological polar surface area (TPSA) is 72.7 Å². The molecule has 3 heterocycles. The molecule has 128 valence electrons. The van der Waals surface area contributed by atoms with Crippen LogP contribution in [0.2, 0.25) is 0 Å². The Balaban J connectivity index is 1.89. The van der Waals surface area contributed by atoms with Crippen molar-refractivity contribution >= 4 is 22.6 Å². The van der Waals surface area contributed by atoms with Gasteiger partial charge in [-0.2, -0.15) is 0 Å². The summed E-state index contributed by atoms with van der Waals surface area (Å²) < 4.78 is 2.16. The van der Waals surface area contributed by atoms with E-state index in [9.17, 15) is 4.79 Å². The molecule has 25 heavy (non-hydrogen) atoms. The second-order valence-corrected chi connectivity index (χ2v) is 6.62. The average Bonchev–Trinajstić information content (AvgIpc) is 3.35. The molecule has 0 aliphatic heterocycles. The summed E-state index contributed by atoms with van der Waals surface area (Å²) in [6, 6.07) is 3.95. The van der Waals surface area contributed by atoms with Gasteiger partial charge in [-0.3, -0.25) is 4.79 Å². The first kappa shape index (κ1) is 15.7. The fourth-order valence-corrected chi connectivity index (χ4v) is 3.16. The highest BCUT2D eigenvalue weighted by Crippen LogP contribution is 2.39. The second-order valence-electron chi connectivity index (χ2n) is 6.62. The fraction of sp³-hybridized carbons (Fsp3) is 0.368. The number of hydrogen-bond acceptors (Lipinski definition) is 4. The molecule has 1 fully saturated rings. The molecule has 0 spiro atoms. The number of anilines is 1. The van der Waals surface area contributed by atoms with Gasteiger partial charge < -0.3 is 9.88 Å². The third-order valence-electron chi connectivity index (χ3n) is 4.50. The number of carbonyl (C=O) groups is 1. The molecule has 0 radical (unpaired) electrons. The van der Waals surface area contributed by atoms with Gasteiger partial charge in [0.1, 0.15) is 11.6 Å². The van der Waals surface area contributed by atoms with Crippen molar-refractivity contribution in [2.75, 3.05) is 5.32 Å². The highest BCUT2D eigenvalue weighted by atomic mass is 16.1. The first-order valence-corrected chi connectivity index (χ1v) is 8.67. The predicted molar refractivity (Wildman–Crippen MR) is 97.4 cm³/mol. The molecule has 1 N–H and O–H groups in total. The van der Waals surface area contributed by atoms with Crippen molar-refractivity contribution in [1.29, 1.82) is 0 Å². The van der Waals surface area contributed by atoms with Crippen LogP contribution in [0.4, 0.5) is 5.82 Å². The molecular weight excluding hydrogens is 314 g/mol. The minimum atomic E-state index is -0.128. The Morgan fingerprint density at radius 1 is 1.32 bits per heavy atom. The van der Waals surface area contributed by atoms with Gasteiger partial charge in [0.25, 0.3) is 0 Å².